The van der Waals surface area contributed by atoms with Gasteiger partial charge in [-0.3, -0.25) is 0 Å². The molecule has 0 amide bonds. The van der Waals surface area contributed by atoms with Gasteiger partial charge in [-0.1, -0.05) is 188 Å². The summed E-state index contributed by atoms with van der Waals surface area (Å²) < 4.78 is 21.5. The van der Waals surface area contributed by atoms with Crippen molar-refractivity contribution in [3.63, 3.8) is 0 Å². The third-order valence-corrected chi connectivity index (χ3v) is 13.5. The number of fused-ring (bicyclic) bond motifs is 6. The monoisotopic (exact) mass is 697 g/mol. The summed E-state index contributed by atoms with van der Waals surface area (Å²) in [5, 5.41) is 8.00. The van der Waals surface area contributed by atoms with Crippen LogP contribution in [0.5, 0.6) is 0 Å². The summed E-state index contributed by atoms with van der Waals surface area (Å²) in [6, 6.07) is 66.0. The molecule has 0 aliphatic rings. The van der Waals surface area contributed by atoms with Crippen molar-refractivity contribution >= 4 is 66.7 Å². The number of hydrogen-bond acceptors (Lipinski definition) is 3. The predicted octanol–water partition coefficient (Wildman–Crippen LogP) is 11.9. The van der Waals surface area contributed by atoms with Gasteiger partial charge in [0.1, 0.15) is 11.3 Å². The molecule has 10 rings (SSSR count). The van der Waals surface area contributed by atoms with Crippen LogP contribution in [0.2, 0.25) is 0 Å². The van der Waals surface area contributed by atoms with Gasteiger partial charge in [-0.05, 0) is 33.5 Å². The van der Waals surface area contributed by atoms with Crippen LogP contribution in [0, 0.1) is 0 Å². The number of furan rings is 1. The van der Waals surface area contributed by atoms with E-state index >= 15 is 0 Å². The largest absolute Gasteiger partial charge is 0.454 e. The third-order valence-electron chi connectivity index (χ3n) is 10.4. The zero-order chi connectivity index (χ0) is 35.4. The van der Waals surface area contributed by atoms with Crippen LogP contribution in [0.1, 0.15) is 0 Å². The van der Waals surface area contributed by atoms with E-state index in [0.717, 1.165) is 93.0 Å². The van der Waals surface area contributed by atoms with Crippen LogP contribution >= 0.6 is 7.14 Å². The molecule has 2 aromatic heterocycles. The molecule has 0 fully saturated rings. The molecule has 53 heavy (non-hydrogen) atoms. The molecule has 8 aromatic carbocycles. The molecule has 3 nitrogen and oxygen atoms in total. The zero-order valence-corrected chi connectivity index (χ0v) is 29.6. The SMILES string of the molecule is O=P(c1ccccc1)(c1ccccc1)c1ccc(-c2ccc(-c3cccc4c3nc(-c3cccc5ccccc35)c3oc5ccccc5c34)cc2)cc1. The minimum Gasteiger partial charge on any atom is -0.454 e. The average Bonchev–Trinajstić information content (AvgIpc) is 3.64. The van der Waals surface area contributed by atoms with Gasteiger partial charge in [0.25, 0.3) is 0 Å². The quantitative estimate of drug-likeness (QED) is 0.162. The van der Waals surface area contributed by atoms with Gasteiger partial charge in [0.2, 0.25) is 0 Å². The summed E-state index contributed by atoms with van der Waals surface area (Å²) in [6.07, 6.45) is 0. The Morgan fingerprint density at radius 2 is 0.925 bits per heavy atom. The fourth-order valence-corrected chi connectivity index (χ4v) is 10.4. The summed E-state index contributed by atoms with van der Waals surface area (Å²) in [5.41, 5.74) is 8.76. The molecule has 0 unspecified atom stereocenters. The van der Waals surface area contributed by atoms with Crippen molar-refractivity contribution in [1.82, 2.24) is 4.98 Å². The highest BCUT2D eigenvalue weighted by Gasteiger charge is 2.29. The Morgan fingerprint density at radius 1 is 0.415 bits per heavy atom. The van der Waals surface area contributed by atoms with E-state index in [1.54, 1.807) is 0 Å². The molecule has 10 aromatic rings. The summed E-state index contributed by atoms with van der Waals surface area (Å²) in [4.78, 5) is 5.44. The smallest absolute Gasteiger partial charge is 0.171 e. The Labute approximate surface area is 307 Å². The van der Waals surface area contributed by atoms with Crippen molar-refractivity contribution in [1.29, 1.82) is 0 Å². The molecule has 4 heteroatoms. The lowest BCUT2D eigenvalue weighted by molar-refractivity contribution is 0.592. The van der Waals surface area contributed by atoms with Gasteiger partial charge in [0, 0.05) is 43.2 Å². The molecule has 0 aliphatic carbocycles. The van der Waals surface area contributed by atoms with Gasteiger partial charge < -0.3 is 8.98 Å². The molecule has 0 bridgehead atoms. The summed E-state index contributed by atoms with van der Waals surface area (Å²) in [5.74, 6) is 0. The molecule has 0 aliphatic heterocycles. The van der Waals surface area contributed by atoms with Crippen LogP contribution in [0.15, 0.2) is 199 Å². The molecule has 2 heterocycles. The Bertz CT molecular complexity index is 2960. The van der Waals surface area contributed by atoms with Crippen molar-refractivity contribution < 1.29 is 8.98 Å². The van der Waals surface area contributed by atoms with Crippen LogP contribution in [-0.4, -0.2) is 4.98 Å². The van der Waals surface area contributed by atoms with E-state index in [2.05, 4.69) is 109 Å². The van der Waals surface area contributed by atoms with Crippen molar-refractivity contribution in [3.05, 3.63) is 194 Å². The number of para-hydroxylation sites is 2. The minimum absolute atomic E-state index is 0.801. The van der Waals surface area contributed by atoms with Crippen LogP contribution < -0.4 is 15.9 Å². The number of nitrogens with zero attached hydrogens (tertiary/aromatic N) is 1. The molecule has 250 valence electrons. The Morgan fingerprint density at radius 3 is 1.64 bits per heavy atom. The van der Waals surface area contributed by atoms with E-state index in [1.807, 2.05) is 84.9 Å². The first-order valence-electron chi connectivity index (χ1n) is 17.8. The van der Waals surface area contributed by atoms with Crippen molar-refractivity contribution in [3.8, 4) is 33.5 Å². The minimum atomic E-state index is -3.04. The van der Waals surface area contributed by atoms with Gasteiger partial charge in [-0.15, -0.1) is 0 Å². The summed E-state index contributed by atoms with van der Waals surface area (Å²) >= 11 is 0. The lowest BCUT2D eigenvalue weighted by Crippen LogP contribution is -2.24. The number of benzene rings is 8. The lowest BCUT2D eigenvalue weighted by atomic mass is 9.95. The number of pyridine rings is 1. The normalized spacial score (nSPS) is 11.8. The molecule has 0 saturated heterocycles. The number of hydrogen-bond donors (Lipinski definition) is 0. The lowest BCUT2D eigenvalue weighted by Gasteiger charge is -2.20. The fourth-order valence-electron chi connectivity index (χ4n) is 7.78. The second-order valence-corrected chi connectivity index (χ2v) is 16.2. The van der Waals surface area contributed by atoms with Gasteiger partial charge in [0.05, 0.1) is 5.52 Å². The Kier molecular flexibility index (Phi) is 7.42. The van der Waals surface area contributed by atoms with Gasteiger partial charge >= 0.3 is 0 Å². The predicted molar refractivity (Wildman–Crippen MR) is 222 cm³/mol. The highest BCUT2D eigenvalue weighted by atomic mass is 31.2. The highest BCUT2D eigenvalue weighted by Crippen LogP contribution is 2.44. The van der Waals surface area contributed by atoms with Crippen LogP contribution in [0.4, 0.5) is 0 Å². The average molecular weight is 698 g/mol. The first kappa shape index (κ1) is 31.2. The van der Waals surface area contributed by atoms with E-state index in [1.165, 1.54) is 0 Å². The maximum Gasteiger partial charge on any atom is 0.171 e. The van der Waals surface area contributed by atoms with E-state index in [4.69, 9.17) is 9.40 Å². The third kappa shape index (κ3) is 5.12. The zero-order valence-electron chi connectivity index (χ0n) is 28.7. The van der Waals surface area contributed by atoms with Crippen molar-refractivity contribution in [2.24, 2.45) is 0 Å². The molecule has 0 radical (unpaired) electrons. The first-order valence-corrected chi connectivity index (χ1v) is 19.5. The van der Waals surface area contributed by atoms with E-state index < -0.39 is 7.14 Å². The molecule has 0 N–H and O–H groups in total. The molecular weight excluding hydrogens is 666 g/mol. The van der Waals surface area contributed by atoms with Gasteiger partial charge in [-0.2, -0.15) is 0 Å². The standard InChI is InChI=1S/C49H32NO2P/c51-53(37-15-3-1-4-16-37,38-17-5-2-6-18-38)39-31-29-34(30-32-39)33-25-27-36(28-26-33)41-21-12-23-44-46-43-20-9-10-24-45(43)52-49(46)48(50-47(41)44)42-22-11-14-35-13-7-8-19-40(35)42/h1-32H. The molecular formula is C49H32NO2P. The Hall–Kier alpha value is -6.54. The van der Waals surface area contributed by atoms with Crippen LogP contribution in [-0.2, 0) is 4.57 Å². The molecule has 0 saturated carbocycles. The molecule has 0 spiro atoms. The first-order chi connectivity index (χ1) is 26.2. The van der Waals surface area contributed by atoms with Crippen molar-refractivity contribution in [2.45, 2.75) is 0 Å². The van der Waals surface area contributed by atoms with Gasteiger partial charge in [-0.25, -0.2) is 4.98 Å². The maximum absolute atomic E-state index is 14.9. The highest BCUT2D eigenvalue weighted by molar-refractivity contribution is 7.85. The second-order valence-electron chi connectivity index (χ2n) is 13.4. The second kappa shape index (κ2) is 12.6. The fraction of sp³-hybridized carbons (Fsp3) is 0. The van der Waals surface area contributed by atoms with E-state index in [-0.39, 0.29) is 0 Å². The summed E-state index contributed by atoms with van der Waals surface area (Å²) in [6.45, 7) is 0. The van der Waals surface area contributed by atoms with E-state index in [0.29, 0.717) is 0 Å². The number of rotatable bonds is 6. The van der Waals surface area contributed by atoms with Crippen LogP contribution in [0.3, 0.4) is 0 Å². The van der Waals surface area contributed by atoms with Gasteiger partial charge in [0.15, 0.2) is 12.7 Å². The summed E-state index contributed by atoms with van der Waals surface area (Å²) in [7, 11) is -3.04. The van der Waals surface area contributed by atoms with E-state index in [9.17, 15) is 4.57 Å². The molecule has 0 atom stereocenters. The van der Waals surface area contributed by atoms with Crippen molar-refractivity contribution in [2.75, 3.05) is 0 Å². The maximum atomic E-state index is 14.9. The Balaban J connectivity index is 1.08. The number of aromatic nitrogens is 1. The topological polar surface area (TPSA) is 43.1 Å². The van der Waals surface area contributed by atoms with Crippen LogP contribution in [0.25, 0.3) is 77.1 Å².